The summed E-state index contributed by atoms with van der Waals surface area (Å²) in [5, 5.41) is 13.8. The van der Waals surface area contributed by atoms with Crippen LogP contribution in [-0.4, -0.2) is 38.1 Å². The van der Waals surface area contributed by atoms with Gasteiger partial charge in [-0.2, -0.15) is 9.78 Å². The summed E-state index contributed by atoms with van der Waals surface area (Å²) in [5.74, 6) is -1.11. The van der Waals surface area contributed by atoms with Gasteiger partial charge in [0.1, 0.15) is 11.3 Å². The number of carboxylic acids is 1. The van der Waals surface area contributed by atoms with Gasteiger partial charge in [-0.25, -0.2) is 4.79 Å². The van der Waals surface area contributed by atoms with Gasteiger partial charge < -0.3 is 14.4 Å². The lowest BCUT2D eigenvalue weighted by Crippen LogP contribution is -2.19. The van der Waals surface area contributed by atoms with E-state index in [9.17, 15) is 14.7 Å². The molecular formula is C18H17N3O4. The molecular weight excluding hydrogens is 322 g/mol. The van der Waals surface area contributed by atoms with Crippen LogP contribution in [0.2, 0.25) is 0 Å². The van der Waals surface area contributed by atoms with E-state index < -0.39 is 5.97 Å². The van der Waals surface area contributed by atoms with Crippen molar-refractivity contribution >= 4 is 5.97 Å². The van der Waals surface area contributed by atoms with E-state index in [1.165, 1.54) is 10.9 Å². The normalized spacial score (nSPS) is 17.2. The molecule has 0 unspecified atom stereocenters. The van der Waals surface area contributed by atoms with E-state index in [2.05, 4.69) is 5.10 Å². The van der Waals surface area contributed by atoms with Gasteiger partial charge >= 0.3 is 5.97 Å². The van der Waals surface area contributed by atoms with Crippen LogP contribution in [0.15, 0.2) is 47.5 Å². The summed E-state index contributed by atoms with van der Waals surface area (Å²) in [7, 11) is 0. The number of carbonyl (C=O) groups is 1. The number of rotatable bonds is 4. The maximum absolute atomic E-state index is 12.8. The molecule has 0 saturated carbocycles. The molecule has 7 nitrogen and oxygen atoms in total. The molecule has 3 aliphatic rings. The lowest BCUT2D eigenvalue weighted by molar-refractivity contribution is 0.0694. The van der Waals surface area contributed by atoms with Gasteiger partial charge in [0.15, 0.2) is 0 Å². The molecule has 0 amide bonds. The number of ether oxygens (including phenoxy) is 1. The second kappa shape index (κ2) is 6.18. The van der Waals surface area contributed by atoms with E-state index in [1.807, 2.05) is 6.07 Å². The highest BCUT2D eigenvalue weighted by Crippen LogP contribution is 2.23. The molecule has 1 N–H and O–H groups in total. The zero-order valence-corrected chi connectivity index (χ0v) is 13.5. The highest BCUT2D eigenvalue weighted by molar-refractivity contribution is 5.94. The molecule has 128 valence electrons. The summed E-state index contributed by atoms with van der Waals surface area (Å²) in [4.78, 5) is 24.4. The van der Waals surface area contributed by atoms with Crippen molar-refractivity contribution in [3.8, 4) is 16.9 Å². The average Bonchev–Trinajstić information content (AvgIpc) is 3.24. The minimum atomic E-state index is -1.11. The van der Waals surface area contributed by atoms with Gasteiger partial charge in [-0.15, -0.1) is 0 Å². The Bertz CT molecular complexity index is 939. The van der Waals surface area contributed by atoms with Crippen molar-refractivity contribution in [1.82, 2.24) is 14.3 Å². The summed E-state index contributed by atoms with van der Waals surface area (Å²) in [5.41, 5.74) is 0.782. The molecule has 1 aromatic carbocycles. The van der Waals surface area contributed by atoms with Crippen molar-refractivity contribution in [2.45, 2.75) is 25.5 Å². The molecule has 3 heterocycles. The van der Waals surface area contributed by atoms with Crippen LogP contribution in [0.1, 0.15) is 23.2 Å². The highest BCUT2D eigenvalue weighted by Gasteiger charge is 2.25. The predicted molar refractivity (Wildman–Crippen MR) is 90.4 cm³/mol. The first-order valence-corrected chi connectivity index (χ1v) is 8.16. The molecule has 1 fully saturated rings. The van der Waals surface area contributed by atoms with Gasteiger partial charge in [-0.3, -0.25) is 4.79 Å². The van der Waals surface area contributed by atoms with Gasteiger partial charge in [0.25, 0.3) is 5.56 Å². The van der Waals surface area contributed by atoms with Crippen LogP contribution in [-0.2, 0) is 11.3 Å². The first-order valence-electron chi connectivity index (χ1n) is 8.16. The Labute approximate surface area is 143 Å². The third kappa shape index (κ3) is 2.83. The Hall–Kier alpha value is -2.93. The number of aromatic carboxylic acids is 1. The van der Waals surface area contributed by atoms with Crippen LogP contribution in [0.4, 0.5) is 0 Å². The second-order valence-corrected chi connectivity index (χ2v) is 6.12. The largest absolute Gasteiger partial charge is 0.478 e. The Morgan fingerprint density at radius 1 is 1.28 bits per heavy atom. The highest BCUT2D eigenvalue weighted by atomic mass is 16.5. The monoisotopic (exact) mass is 339 g/mol. The number of benzene rings is 1. The molecule has 0 spiro atoms. The summed E-state index contributed by atoms with van der Waals surface area (Å²) in [6.07, 6.45) is 5.16. The number of carboxylic acid groups (broad SMARTS) is 1. The molecule has 0 radical (unpaired) electrons. The van der Waals surface area contributed by atoms with E-state index in [4.69, 9.17) is 4.74 Å². The van der Waals surface area contributed by atoms with Crippen molar-refractivity contribution < 1.29 is 14.6 Å². The minimum Gasteiger partial charge on any atom is -0.478 e. The van der Waals surface area contributed by atoms with Gasteiger partial charge in [-0.05, 0) is 25.0 Å². The molecule has 7 heteroatoms. The van der Waals surface area contributed by atoms with Crippen LogP contribution < -0.4 is 5.56 Å². The number of hydrogen-bond acceptors (Lipinski definition) is 4. The number of hydrogen-bond donors (Lipinski definition) is 1. The third-order valence-corrected chi connectivity index (χ3v) is 4.39. The van der Waals surface area contributed by atoms with Crippen LogP contribution in [0, 0.1) is 0 Å². The summed E-state index contributed by atoms with van der Waals surface area (Å²) < 4.78 is 8.57. The van der Waals surface area contributed by atoms with E-state index in [0.29, 0.717) is 17.8 Å². The van der Waals surface area contributed by atoms with E-state index in [0.717, 1.165) is 19.4 Å². The topological polar surface area (TPSA) is 86.4 Å². The van der Waals surface area contributed by atoms with Crippen molar-refractivity contribution in [1.29, 1.82) is 0 Å². The molecule has 1 saturated heterocycles. The summed E-state index contributed by atoms with van der Waals surface area (Å²) >= 11 is 0. The number of fused-ring (bicyclic) bond motifs is 1. The lowest BCUT2D eigenvalue weighted by atomic mass is 10.1. The average molecular weight is 339 g/mol. The molecule has 25 heavy (non-hydrogen) atoms. The number of aromatic nitrogens is 3. The van der Waals surface area contributed by atoms with Gasteiger partial charge in [0.2, 0.25) is 0 Å². The van der Waals surface area contributed by atoms with Crippen molar-refractivity contribution in [2.24, 2.45) is 0 Å². The zero-order chi connectivity index (χ0) is 17.4. The molecule has 0 aromatic heterocycles. The second-order valence-electron chi connectivity index (χ2n) is 6.12. The smallest absolute Gasteiger partial charge is 0.339 e. The van der Waals surface area contributed by atoms with Crippen LogP contribution in [0.25, 0.3) is 16.9 Å². The summed E-state index contributed by atoms with van der Waals surface area (Å²) in [6, 6.07) is 8.96. The van der Waals surface area contributed by atoms with Crippen LogP contribution >= 0.6 is 0 Å². The van der Waals surface area contributed by atoms with Crippen LogP contribution in [0.5, 0.6) is 0 Å². The summed E-state index contributed by atoms with van der Waals surface area (Å²) in [6.45, 7) is 1.24. The van der Waals surface area contributed by atoms with Gasteiger partial charge in [0.05, 0.1) is 17.4 Å². The number of pyridine rings is 1. The molecule has 0 aliphatic carbocycles. The van der Waals surface area contributed by atoms with Gasteiger partial charge in [0, 0.05) is 25.5 Å². The van der Waals surface area contributed by atoms with Crippen molar-refractivity contribution in [3.05, 3.63) is 58.6 Å². The fraction of sp³-hybridized carbons (Fsp3) is 0.278. The fourth-order valence-electron chi connectivity index (χ4n) is 3.19. The zero-order valence-electron chi connectivity index (χ0n) is 13.5. The van der Waals surface area contributed by atoms with E-state index in [-0.39, 0.29) is 22.9 Å². The third-order valence-electron chi connectivity index (χ3n) is 4.39. The van der Waals surface area contributed by atoms with E-state index in [1.54, 1.807) is 35.0 Å². The molecule has 1 atom stereocenters. The maximum Gasteiger partial charge on any atom is 0.339 e. The molecule has 1 aromatic rings. The lowest BCUT2D eigenvalue weighted by Gasteiger charge is -2.14. The Balaban J connectivity index is 1.85. The minimum absolute atomic E-state index is 0.0160. The standard InChI is InChI=1S/C18H17N3O4/c22-17-14-10-20(9-13-7-4-8-25-13)11-15(18(23)24)16(14)19-21(17)12-5-2-1-3-6-12/h1-3,5-6,10-11,13H,4,7-9H2,(H,23,24)/t13-/m1/s1. The number of para-hydroxylation sites is 1. The first kappa shape index (κ1) is 15.6. The molecule has 3 aliphatic heterocycles. The number of nitrogens with zero attached hydrogens (tertiary/aromatic N) is 3. The van der Waals surface area contributed by atoms with Crippen LogP contribution in [0.3, 0.4) is 0 Å². The van der Waals surface area contributed by atoms with Crippen molar-refractivity contribution in [2.75, 3.05) is 6.61 Å². The quantitative estimate of drug-likeness (QED) is 0.786. The van der Waals surface area contributed by atoms with Gasteiger partial charge in [-0.1, -0.05) is 18.2 Å². The molecule has 4 rings (SSSR count). The fourth-order valence-corrected chi connectivity index (χ4v) is 3.19. The SMILES string of the molecule is O=C(O)c1cn(C[C@H]2CCCO2)cc2c(=O)n(-c3ccccc3)nc1-2. The molecule has 0 bridgehead atoms. The van der Waals surface area contributed by atoms with E-state index >= 15 is 0 Å². The Morgan fingerprint density at radius 2 is 2.08 bits per heavy atom. The Morgan fingerprint density at radius 3 is 2.76 bits per heavy atom. The first-order chi connectivity index (χ1) is 12.1. The Kier molecular flexibility index (Phi) is 3.85. The predicted octanol–water partition coefficient (Wildman–Crippen LogP) is 2.02. The maximum atomic E-state index is 12.8. The van der Waals surface area contributed by atoms with Crippen molar-refractivity contribution in [3.63, 3.8) is 0 Å².